The van der Waals surface area contributed by atoms with Crippen LogP contribution in [0.15, 0.2) is 10.9 Å². The molecule has 0 bridgehead atoms. The molecule has 0 aromatic carbocycles. The third kappa shape index (κ3) is 3.21. The van der Waals surface area contributed by atoms with Gasteiger partial charge in [-0.15, -0.1) is 0 Å². The molecule has 7 heteroatoms. The van der Waals surface area contributed by atoms with E-state index in [9.17, 15) is 18.0 Å². The fourth-order valence-corrected chi connectivity index (χ4v) is 1.56. The molecule has 1 saturated carbocycles. The molecule has 0 atom stereocenters. The molecule has 0 aliphatic heterocycles. The Balaban J connectivity index is 2.22. The lowest BCUT2D eigenvalue weighted by molar-refractivity contribution is -0.119. The Hall–Kier alpha value is -1.53. The van der Waals surface area contributed by atoms with Gasteiger partial charge in [0.2, 0.25) is 0 Å². The fourth-order valence-electron chi connectivity index (χ4n) is 1.56. The number of halogens is 3. The second-order valence-electron chi connectivity index (χ2n) is 4.23. The van der Waals surface area contributed by atoms with E-state index in [1.807, 2.05) is 0 Å². The van der Waals surface area contributed by atoms with Gasteiger partial charge in [-0.2, -0.15) is 13.2 Å². The maximum absolute atomic E-state index is 12.2. The summed E-state index contributed by atoms with van der Waals surface area (Å²) in [4.78, 5) is 18.8. The molecule has 1 aliphatic carbocycles. The van der Waals surface area contributed by atoms with Crippen molar-refractivity contribution in [3.8, 4) is 0 Å². The van der Waals surface area contributed by atoms with Crippen LogP contribution in [0.25, 0.3) is 0 Å². The lowest BCUT2D eigenvalue weighted by Crippen LogP contribution is -2.32. The van der Waals surface area contributed by atoms with Gasteiger partial charge in [-0.3, -0.25) is 4.79 Å². The summed E-state index contributed by atoms with van der Waals surface area (Å²) in [5.74, 6) is 0.747. The van der Waals surface area contributed by atoms with Crippen LogP contribution >= 0.6 is 0 Å². The minimum Gasteiger partial charge on any atom is -0.350 e. The van der Waals surface area contributed by atoms with Crippen molar-refractivity contribution in [3.63, 3.8) is 0 Å². The SMILES string of the molecule is CN(CC(F)(F)F)c1cc(=O)[nH]c(C2CC2)n1. The highest BCUT2D eigenvalue weighted by Gasteiger charge is 2.31. The Morgan fingerprint density at radius 3 is 2.71 bits per heavy atom. The molecule has 1 N–H and O–H groups in total. The number of H-pyrrole nitrogens is 1. The highest BCUT2D eigenvalue weighted by atomic mass is 19.4. The molecular weight excluding hydrogens is 235 g/mol. The van der Waals surface area contributed by atoms with E-state index in [4.69, 9.17) is 0 Å². The topological polar surface area (TPSA) is 49.0 Å². The minimum atomic E-state index is -4.31. The van der Waals surface area contributed by atoms with Gasteiger partial charge in [-0.1, -0.05) is 0 Å². The van der Waals surface area contributed by atoms with Crippen molar-refractivity contribution in [1.82, 2.24) is 9.97 Å². The lowest BCUT2D eigenvalue weighted by Gasteiger charge is -2.19. The number of aromatic amines is 1. The summed E-state index contributed by atoms with van der Waals surface area (Å²) in [6.45, 7) is -1.12. The quantitative estimate of drug-likeness (QED) is 0.883. The monoisotopic (exact) mass is 247 g/mol. The third-order valence-corrected chi connectivity index (χ3v) is 2.52. The van der Waals surface area contributed by atoms with E-state index in [-0.39, 0.29) is 11.7 Å². The number of alkyl halides is 3. The van der Waals surface area contributed by atoms with Crippen LogP contribution in [0.3, 0.4) is 0 Å². The van der Waals surface area contributed by atoms with Crippen LogP contribution in [0.5, 0.6) is 0 Å². The summed E-state index contributed by atoms with van der Waals surface area (Å²) in [5, 5.41) is 0. The van der Waals surface area contributed by atoms with Crippen LogP contribution in [0.1, 0.15) is 24.6 Å². The second kappa shape index (κ2) is 4.05. The molecule has 0 unspecified atom stereocenters. The van der Waals surface area contributed by atoms with Gasteiger partial charge >= 0.3 is 6.18 Å². The van der Waals surface area contributed by atoms with E-state index in [1.165, 1.54) is 7.05 Å². The van der Waals surface area contributed by atoms with E-state index < -0.39 is 18.3 Å². The molecule has 0 saturated heterocycles. The van der Waals surface area contributed by atoms with Gasteiger partial charge in [0.25, 0.3) is 5.56 Å². The van der Waals surface area contributed by atoms with E-state index in [0.29, 0.717) is 5.82 Å². The number of hydrogen-bond acceptors (Lipinski definition) is 3. The predicted molar refractivity (Wildman–Crippen MR) is 56.2 cm³/mol. The van der Waals surface area contributed by atoms with Crippen molar-refractivity contribution in [2.24, 2.45) is 0 Å². The van der Waals surface area contributed by atoms with E-state index in [1.54, 1.807) is 0 Å². The van der Waals surface area contributed by atoms with E-state index in [2.05, 4.69) is 9.97 Å². The largest absolute Gasteiger partial charge is 0.405 e. The molecule has 1 heterocycles. The summed E-state index contributed by atoms with van der Waals surface area (Å²) < 4.78 is 36.6. The Morgan fingerprint density at radius 2 is 2.18 bits per heavy atom. The average Bonchev–Trinajstić information content (AvgIpc) is 2.96. The first-order chi connectivity index (χ1) is 7.85. The summed E-state index contributed by atoms with van der Waals surface area (Å²) in [5.41, 5.74) is -0.411. The maximum Gasteiger partial charge on any atom is 0.405 e. The van der Waals surface area contributed by atoms with Crippen LogP contribution in [0.4, 0.5) is 19.0 Å². The number of nitrogens with zero attached hydrogens (tertiary/aromatic N) is 2. The van der Waals surface area contributed by atoms with Crippen molar-refractivity contribution in [1.29, 1.82) is 0 Å². The fraction of sp³-hybridized carbons (Fsp3) is 0.600. The van der Waals surface area contributed by atoms with Crippen molar-refractivity contribution in [2.45, 2.75) is 24.9 Å². The summed E-state index contributed by atoms with van der Waals surface area (Å²) in [6.07, 6.45) is -2.45. The number of aromatic nitrogens is 2. The lowest BCUT2D eigenvalue weighted by atomic mass is 10.4. The normalized spacial score (nSPS) is 16.0. The van der Waals surface area contributed by atoms with Crippen LogP contribution < -0.4 is 10.5 Å². The maximum atomic E-state index is 12.2. The first-order valence-electron chi connectivity index (χ1n) is 5.24. The minimum absolute atomic E-state index is 0.0629. The Bertz CT molecular complexity index is 465. The van der Waals surface area contributed by atoms with Gasteiger partial charge in [0.1, 0.15) is 18.2 Å². The molecule has 4 nitrogen and oxygen atoms in total. The molecule has 0 amide bonds. The summed E-state index contributed by atoms with van der Waals surface area (Å²) in [6, 6.07) is 1.08. The van der Waals surface area contributed by atoms with Crippen LogP contribution in [0.2, 0.25) is 0 Å². The number of nitrogens with one attached hydrogen (secondary N) is 1. The van der Waals surface area contributed by atoms with Crippen molar-refractivity contribution in [2.75, 3.05) is 18.5 Å². The van der Waals surface area contributed by atoms with Gasteiger partial charge in [-0.25, -0.2) is 4.98 Å². The molecule has 1 aromatic rings. The first-order valence-corrected chi connectivity index (χ1v) is 5.24. The highest BCUT2D eigenvalue weighted by Crippen LogP contribution is 2.37. The van der Waals surface area contributed by atoms with E-state index in [0.717, 1.165) is 23.8 Å². The molecule has 17 heavy (non-hydrogen) atoms. The van der Waals surface area contributed by atoms with Gasteiger partial charge < -0.3 is 9.88 Å². The first kappa shape index (κ1) is 11.9. The van der Waals surface area contributed by atoms with Gasteiger partial charge in [0.15, 0.2) is 0 Å². The van der Waals surface area contributed by atoms with Gasteiger partial charge in [0, 0.05) is 19.0 Å². The van der Waals surface area contributed by atoms with Crippen LogP contribution in [-0.2, 0) is 0 Å². The molecule has 0 radical (unpaired) electrons. The van der Waals surface area contributed by atoms with Gasteiger partial charge in [0.05, 0.1) is 0 Å². The number of rotatable bonds is 3. The zero-order chi connectivity index (χ0) is 12.6. The smallest absolute Gasteiger partial charge is 0.350 e. The second-order valence-corrected chi connectivity index (χ2v) is 4.23. The average molecular weight is 247 g/mol. The Kier molecular flexibility index (Phi) is 2.84. The number of anilines is 1. The predicted octanol–water partition coefficient (Wildman–Crippen LogP) is 1.65. The van der Waals surface area contributed by atoms with Crippen LogP contribution in [-0.4, -0.2) is 29.7 Å². The number of hydrogen-bond donors (Lipinski definition) is 1. The third-order valence-electron chi connectivity index (χ3n) is 2.52. The molecular formula is C10H12F3N3O. The molecule has 1 aliphatic rings. The molecule has 1 fully saturated rings. The summed E-state index contributed by atoms with van der Waals surface area (Å²) >= 11 is 0. The highest BCUT2D eigenvalue weighted by molar-refractivity contribution is 5.37. The molecule has 2 rings (SSSR count). The Labute approximate surface area is 95.5 Å². The standard InChI is InChI=1S/C10H12F3N3O/c1-16(5-10(11,12)13)7-4-8(17)15-9(14-7)6-2-3-6/h4,6H,2-3,5H2,1H3,(H,14,15,17). The molecule has 0 spiro atoms. The molecule has 94 valence electrons. The van der Waals surface area contributed by atoms with E-state index >= 15 is 0 Å². The zero-order valence-corrected chi connectivity index (χ0v) is 9.21. The Morgan fingerprint density at radius 1 is 1.53 bits per heavy atom. The van der Waals surface area contributed by atoms with Crippen LogP contribution in [0, 0.1) is 0 Å². The summed E-state index contributed by atoms with van der Waals surface area (Å²) in [7, 11) is 1.27. The van der Waals surface area contributed by atoms with Crippen molar-refractivity contribution < 1.29 is 13.2 Å². The van der Waals surface area contributed by atoms with Gasteiger partial charge in [-0.05, 0) is 12.8 Å². The zero-order valence-electron chi connectivity index (χ0n) is 9.21. The van der Waals surface area contributed by atoms with Crippen molar-refractivity contribution >= 4 is 5.82 Å². The molecule has 1 aromatic heterocycles. The van der Waals surface area contributed by atoms with Crippen molar-refractivity contribution in [3.05, 3.63) is 22.2 Å².